The number of carbonyl (C=O) groups excluding carboxylic acids is 1. The van der Waals surface area contributed by atoms with Gasteiger partial charge in [-0.15, -0.1) is 0 Å². The van der Waals surface area contributed by atoms with Gasteiger partial charge in [0.2, 0.25) is 5.91 Å². The normalized spacial score (nSPS) is 14.1. The van der Waals surface area contributed by atoms with Crippen molar-refractivity contribution in [1.29, 1.82) is 0 Å². The minimum absolute atomic E-state index is 0.364. The average molecular weight is 820 g/mol. The van der Waals surface area contributed by atoms with Crippen molar-refractivity contribution < 1.29 is 25.2 Å². The quantitative estimate of drug-likeness (QED) is 0.0310. The van der Waals surface area contributed by atoms with Crippen LogP contribution in [0.5, 0.6) is 0 Å². The molecule has 0 radical (unpaired) electrons. The molecule has 4 atom stereocenters. The molecule has 4 unspecified atom stereocenters. The highest BCUT2D eigenvalue weighted by atomic mass is 16.3. The summed E-state index contributed by atoms with van der Waals surface area (Å²) in [5.74, 6) is -0.594. The van der Waals surface area contributed by atoms with Gasteiger partial charge in [-0.25, -0.2) is 0 Å². The minimum atomic E-state index is -1.29. The van der Waals surface area contributed by atoms with Crippen molar-refractivity contribution in [2.45, 2.75) is 295 Å². The number of aliphatic hydroxyl groups is 4. The molecule has 6 nitrogen and oxygen atoms in total. The van der Waals surface area contributed by atoms with Crippen LogP contribution in [0.2, 0.25) is 0 Å². The van der Waals surface area contributed by atoms with Crippen molar-refractivity contribution in [3.8, 4) is 0 Å². The summed E-state index contributed by atoms with van der Waals surface area (Å²) in [5, 5.41) is 43.8. The predicted octanol–water partition coefficient (Wildman–Crippen LogP) is 14.3. The highest BCUT2D eigenvalue weighted by Gasteiger charge is 2.28. The molecule has 0 aliphatic rings. The third-order valence-corrected chi connectivity index (χ3v) is 12.1. The zero-order valence-electron chi connectivity index (χ0n) is 38.8. The molecule has 0 heterocycles. The number of aliphatic hydroxyl groups excluding tert-OH is 4. The number of nitrogens with one attached hydrogen (secondary N) is 1. The Kier molecular flexibility index (Phi) is 45.9. The molecule has 344 valence electrons. The zero-order valence-corrected chi connectivity index (χ0v) is 38.8. The summed E-state index contributed by atoms with van der Waals surface area (Å²) in [7, 11) is 0. The van der Waals surface area contributed by atoms with E-state index in [-0.39, 0.29) is 0 Å². The van der Waals surface area contributed by atoms with Crippen LogP contribution in [0.4, 0.5) is 0 Å². The maximum atomic E-state index is 12.5. The van der Waals surface area contributed by atoms with Crippen LogP contribution < -0.4 is 5.32 Å². The molecule has 1 amide bonds. The Morgan fingerprint density at radius 3 is 1.09 bits per heavy atom. The summed E-state index contributed by atoms with van der Waals surface area (Å²) in [6.45, 7) is 4.06. The van der Waals surface area contributed by atoms with Gasteiger partial charge < -0.3 is 25.7 Å². The van der Waals surface area contributed by atoms with Gasteiger partial charge in [-0.2, -0.15) is 0 Å². The largest absolute Gasteiger partial charge is 0.394 e. The standard InChI is InChI=1S/C52H101NO5/c1-3-5-7-9-11-13-15-17-19-21-22-23-24-25-26-27-28-29-30-32-33-35-37-39-41-43-45-49(55)51(57)48(47-54)53-52(58)50(56)46-44-42-40-38-36-34-31-20-18-16-14-12-10-8-6-4-2/h30,32,37,39,48-51,54-57H,3-29,31,33-36,38,40-47H2,1-2H3,(H,53,58)/b32-30+,39-37+. The third kappa shape index (κ3) is 40.2. The SMILES string of the molecule is CCCCCCCCCCCCCCCCCCC/C=C/CC/C=C/CCCC(O)C(O)C(CO)NC(=O)C(O)CCCCCCCCCCCCCCCCCC. The Morgan fingerprint density at radius 1 is 0.414 bits per heavy atom. The topological polar surface area (TPSA) is 110 Å². The number of rotatable bonds is 47. The van der Waals surface area contributed by atoms with Gasteiger partial charge in [-0.1, -0.05) is 244 Å². The molecule has 0 saturated heterocycles. The van der Waals surface area contributed by atoms with Crippen molar-refractivity contribution in [2.24, 2.45) is 0 Å². The van der Waals surface area contributed by atoms with Crippen LogP contribution in [0.3, 0.4) is 0 Å². The van der Waals surface area contributed by atoms with Gasteiger partial charge in [0.1, 0.15) is 12.2 Å². The second-order valence-electron chi connectivity index (χ2n) is 17.9. The molecule has 0 fully saturated rings. The van der Waals surface area contributed by atoms with Gasteiger partial charge in [0.05, 0.1) is 18.8 Å². The first kappa shape index (κ1) is 56.8. The highest BCUT2D eigenvalue weighted by Crippen LogP contribution is 2.17. The number of allylic oxidation sites excluding steroid dienone is 4. The lowest BCUT2D eigenvalue weighted by Crippen LogP contribution is -2.53. The molecule has 0 rings (SSSR count). The van der Waals surface area contributed by atoms with Crippen molar-refractivity contribution >= 4 is 5.91 Å². The lowest BCUT2D eigenvalue weighted by molar-refractivity contribution is -0.132. The number of carbonyl (C=O) groups is 1. The third-order valence-electron chi connectivity index (χ3n) is 12.1. The Hall–Kier alpha value is -1.21. The first-order valence-corrected chi connectivity index (χ1v) is 25.7. The number of amides is 1. The van der Waals surface area contributed by atoms with Gasteiger partial charge >= 0.3 is 0 Å². The molecular weight excluding hydrogens is 719 g/mol. The second-order valence-corrected chi connectivity index (χ2v) is 17.9. The molecule has 0 aromatic heterocycles. The van der Waals surface area contributed by atoms with E-state index in [9.17, 15) is 25.2 Å². The maximum Gasteiger partial charge on any atom is 0.249 e. The maximum absolute atomic E-state index is 12.5. The van der Waals surface area contributed by atoms with Gasteiger partial charge in [-0.05, 0) is 51.4 Å². The first-order chi connectivity index (χ1) is 28.5. The van der Waals surface area contributed by atoms with Crippen LogP contribution >= 0.6 is 0 Å². The Morgan fingerprint density at radius 2 is 0.724 bits per heavy atom. The summed E-state index contributed by atoms with van der Waals surface area (Å²) < 4.78 is 0. The number of hydrogen-bond donors (Lipinski definition) is 5. The lowest BCUT2D eigenvalue weighted by Gasteiger charge is -2.27. The fourth-order valence-corrected chi connectivity index (χ4v) is 8.07. The summed E-state index contributed by atoms with van der Waals surface area (Å²) >= 11 is 0. The van der Waals surface area contributed by atoms with Crippen LogP contribution in [0.1, 0.15) is 271 Å². The molecule has 0 aromatic carbocycles. The molecule has 0 aromatic rings. The van der Waals surface area contributed by atoms with Crippen molar-refractivity contribution in [1.82, 2.24) is 5.32 Å². The fourth-order valence-electron chi connectivity index (χ4n) is 8.07. The van der Waals surface area contributed by atoms with Crippen LogP contribution in [0, 0.1) is 0 Å². The summed E-state index contributed by atoms with van der Waals surface area (Å²) in [5.41, 5.74) is 0. The van der Waals surface area contributed by atoms with Gasteiger partial charge in [-0.3, -0.25) is 4.79 Å². The summed E-state index contributed by atoms with van der Waals surface area (Å²) in [6, 6.07) is -1.01. The first-order valence-electron chi connectivity index (χ1n) is 25.7. The number of hydrogen-bond acceptors (Lipinski definition) is 5. The Labute approximate surface area is 361 Å². The van der Waals surface area contributed by atoms with E-state index < -0.39 is 36.9 Å². The monoisotopic (exact) mass is 820 g/mol. The van der Waals surface area contributed by atoms with Crippen molar-refractivity contribution in [3.63, 3.8) is 0 Å². The highest BCUT2D eigenvalue weighted by molar-refractivity contribution is 5.80. The van der Waals surface area contributed by atoms with Crippen LogP contribution in [-0.2, 0) is 4.79 Å². The van der Waals surface area contributed by atoms with Crippen LogP contribution in [0.25, 0.3) is 0 Å². The second kappa shape index (κ2) is 46.8. The van der Waals surface area contributed by atoms with E-state index in [4.69, 9.17) is 0 Å². The van der Waals surface area contributed by atoms with Crippen LogP contribution in [-0.4, -0.2) is 57.3 Å². The molecule has 6 heteroatoms. The van der Waals surface area contributed by atoms with E-state index in [1.54, 1.807) is 0 Å². The van der Waals surface area contributed by atoms with Gasteiger partial charge in [0.25, 0.3) is 0 Å². The Bertz CT molecular complexity index is 878. The average Bonchev–Trinajstić information content (AvgIpc) is 3.23. The molecule has 0 aliphatic carbocycles. The molecule has 5 N–H and O–H groups in total. The van der Waals surface area contributed by atoms with Gasteiger partial charge in [0, 0.05) is 0 Å². The van der Waals surface area contributed by atoms with E-state index in [0.29, 0.717) is 19.3 Å². The van der Waals surface area contributed by atoms with E-state index in [0.717, 1.165) is 38.5 Å². The lowest BCUT2D eigenvalue weighted by atomic mass is 10.00. The molecule has 58 heavy (non-hydrogen) atoms. The minimum Gasteiger partial charge on any atom is -0.394 e. The van der Waals surface area contributed by atoms with Crippen LogP contribution in [0.15, 0.2) is 24.3 Å². The summed E-state index contributed by atoms with van der Waals surface area (Å²) in [6.07, 6.45) is 55.2. The van der Waals surface area contributed by atoms with Crippen molar-refractivity contribution in [3.05, 3.63) is 24.3 Å². The summed E-state index contributed by atoms with van der Waals surface area (Å²) in [4.78, 5) is 12.5. The zero-order chi connectivity index (χ0) is 42.4. The molecular formula is C52H101NO5. The smallest absolute Gasteiger partial charge is 0.249 e. The molecule has 0 spiro atoms. The van der Waals surface area contributed by atoms with E-state index in [1.165, 1.54) is 199 Å². The van der Waals surface area contributed by atoms with Crippen molar-refractivity contribution in [2.75, 3.05) is 6.61 Å². The van der Waals surface area contributed by atoms with E-state index in [2.05, 4.69) is 43.5 Å². The molecule has 0 bridgehead atoms. The molecule has 0 saturated carbocycles. The number of unbranched alkanes of at least 4 members (excludes halogenated alkanes) is 34. The Balaban J connectivity index is 3.70. The van der Waals surface area contributed by atoms with E-state index in [1.807, 2.05) is 0 Å². The van der Waals surface area contributed by atoms with E-state index >= 15 is 0 Å². The van der Waals surface area contributed by atoms with Gasteiger partial charge in [0.15, 0.2) is 0 Å². The predicted molar refractivity (Wildman–Crippen MR) is 251 cm³/mol. The molecule has 0 aliphatic heterocycles. The fraction of sp³-hybridized carbons (Fsp3) is 0.904.